The fraction of sp³-hybridized carbons (Fsp3) is 0.941. The van der Waals surface area contributed by atoms with Crippen molar-refractivity contribution >= 4 is 17.7 Å². The lowest BCUT2D eigenvalue weighted by molar-refractivity contribution is 0.290. The van der Waals surface area contributed by atoms with Crippen molar-refractivity contribution in [2.24, 2.45) is 10.9 Å². The number of aliphatic imine (C=N–C) groups is 1. The molecule has 2 rings (SSSR count). The molecular weight excluding hydrogens is 292 g/mol. The summed E-state index contributed by atoms with van der Waals surface area (Å²) in [6.07, 6.45) is 2.75. The smallest absolute Gasteiger partial charge is 0.193 e. The third-order valence-corrected chi connectivity index (χ3v) is 5.68. The van der Waals surface area contributed by atoms with Gasteiger partial charge in [-0.1, -0.05) is 6.92 Å². The minimum atomic E-state index is 0.329. The first kappa shape index (κ1) is 17.9. The summed E-state index contributed by atoms with van der Waals surface area (Å²) < 4.78 is 0.329. The van der Waals surface area contributed by atoms with Crippen LogP contribution < -0.4 is 5.32 Å². The zero-order valence-corrected chi connectivity index (χ0v) is 15.7. The van der Waals surface area contributed by atoms with Crippen LogP contribution in [0.3, 0.4) is 0 Å². The molecule has 2 heterocycles. The summed E-state index contributed by atoms with van der Waals surface area (Å²) >= 11 is 2.07. The number of rotatable bonds is 5. The molecule has 1 atom stereocenters. The SMILES string of the molecule is CCNC(=NCC(C)CN1CCCC1)N1CCSC(C)(C)C1. The van der Waals surface area contributed by atoms with Gasteiger partial charge in [-0.15, -0.1) is 0 Å². The van der Waals surface area contributed by atoms with Crippen LogP contribution in [0, 0.1) is 5.92 Å². The highest BCUT2D eigenvalue weighted by atomic mass is 32.2. The van der Waals surface area contributed by atoms with Crippen LogP contribution >= 0.6 is 11.8 Å². The predicted octanol–water partition coefficient (Wildman–Crippen LogP) is 2.51. The second kappa shape index (κ2) is 8.44. The maximum atomic E-state index is 4.94. The van der Waals surface area contributed by atoms with Crippen LogP contribution in [0.2, 0.25) is 0 Å². The Morgan fingerprint density at radius 1 is 1.27 bits per heavy atom. The zero-order valence-electron chi connectivity index (χ0n) is 14.9. The second-order valence-electron chi connectivity index (χ2n) is 7.34. The van der Waals surface area contributed by atoms with Crippen LogP contribution in [0.15, 0.2) is 4.99 Å². The number of likely N-dealkylation sites (tertiary alicyclic amines) is 1. The molecule has 2 fully saturated rings. The molecule has 0 aromatic rings. The van der Waals surface area contributed by atoms with E-state index in [1.807, 2.05) is 0 Å². The summed E-state index contributed by atoms with van der Waals surface area (Å²) in [5, 5.41) is 3.49. The normalized spacial score (nSPS) is 24.5. The fourth-order valence-electron chi connectivity index (χ4n) is 3.33. The molecule has 2 aliphatic heterocycles. The molecule has 1 unspecified atom stereocenters. The highest BCUT2D eigenvalue weighted by Crippen LogP contribution is 2.29. The highest BCUT2D eigenvalue weighted by Gasteiger charge is 2.28. The molecule has 0 amide bonds. The van der Waals surface area contributed by atoms with E-state index < -0.39 is 0 Å². The lowest BCUT2D eigenvalue weighted by Crippen LogP contribution is -2.51. The van der Waals surface area contributed by atoms with Gasteiger partial charge in [0.25, 0.3) is 0 Å². The highest BCUT2D eigenvalue weighted by molar-refractivity contribution is 8.00. The lowest BCUT2D eigenvalue weighted by Gasteiger charge is -2.39. The number of hydrogen-bond donors (Lipinski definition) is 1. The minimum absolute atomic E-state index is 0.329. The van der Waals surface area contributed by atoms with Gasteiger partial charge in [-0.2, -0.15) is 11.8 Å². The molecule has 0 radical (unpaired) electrons. The van der Waals surface area contributed by atoms with Crippen molar-refractivity contribution in [3.8, 4) is 0 Å². The van der Waals surface area contributed by atoms with Gasteiger partial charge in [-0.3, -0.25) is 4.99 Å². The third kappa shape index (κ3) is 5.65. The van der Waals surface area contributed by atoms with E-state index in [0.717, 1.165) is 32.1 Å². The molecule has 2 saturated heterocycles. The molecule has 0 aromatic carbocycles. The van der Waals surface area contributed by atoms with E-state index >= 15 is 0 Å². The molecule has 0 bridgehead atoms. The Bertz CT molecular complexity index is 364. The Morgan fingerprint density at radius 3 is 2.64 bits per heavy atom. The van der Waals surface area contributed by atoms with Crippen molar-refractivity contribution in [3.63, 3.8) is 0 Å². The quantitative estimate of drug-likeness (QED) is 0.621. The molecule has 22 heavy (non-hydrogen) atoms. The molecular formula is C17H34N4S. The molecule has 0 aliphatic carbocycles. The molecule has 5 heteroatoms. The van der Waals surface area contributed by atoms with Crippen LogP contribution in [-0.2, 0) is 0 Å². The fourth-order valence-corrected chi connectivity index (χ4v) is 4.44. The Kier molecular flexibility index (Phi) is 6.87. The Balaban J connectivity index is 1.88. The number of thioether (sulfide) groups is 1. The van der Waals surface area contributed by atoms with Crippen molar-refractivity contribution in [2.45, 2.75) is 45.3 Å². The molecule has 0 aromatic heterocycles. The second-order valence-corrected chi connectivity index (χ2v) is 9.14. The van der Waals surface area contributed by atoms with Crippen LogP contribution in [0.4, 0.5) is 0 Å². The number of nitrogens with zero attached hydrogens (tertiary/aromatic N) is 3. The van der Waals surface area contributed by atoms with E-state index in [4.69, 9.17) is 4.99 Å². The average molecular weight is 327 g/mol. The molecule has 128 valence electrons. The standard InChI is InChI=1S/C17H34N4S/c1-5-18-16(21-10-11-22-17(3,4)14-21)19-12-15(2)13-20-8-6-7-9-20/h15H,5-14H2,1-4H3,(H,18,19). The summed E-state index contributed by atoms with van der Waals surface area (Å²) in [4.78, 5) is 9.98. The lowest BCUT2D eigenvalue weighted by atomic mass is 10.1. The molecule has 2 aliphatic rings. The van der Waals surface area contributed by atoms with Gasteiger partial charge in [0, 0.05) is 43.2 Å². The first-order chi connectivity index (χ1) is 10.5. The topological polar surface area (TPSA) is 30.9 Å². The van der Waals surface area contributed by atoms with Crippen LogP contribution in [0.25, 0.3) is 0 Å². The first-order valence-electron chi connectivity index (χ1n) is 8.90. The zero-order chi connectivity index (χ0) is 16.0. The maximum Gasteiger partial charge on any atom is 0.193 e. The van der Waals surface area contributed by atoms with E-state index in [0.29, 0.717) is 10.7 Å². The summed E-state index contributed by atoms with van der Waals surface area (Å²) in [6.45, 7) is 17.0. The number of guanidine groups is 1. The van der Waals surface area contributed by atoms with Gasteiger partial charge in [0.15, 0.2) is 5.96 Å². The van der Waals surface area contributed by atoms with Crippen LogP contribution in [-0.4, -0.2) is 72.1 Å². The monoisotopic (exact) mass is 326 g/mol. The van der Waals surface area contributed by atoms with Gasteiger partial charge in [-0.05, 0) is 52.6 Å². The molecule has 0 saturated carbocycles. The molecule has 1 N–H and O–H groups in total. The summed E-state index contributed by atoms with van der Waals surface area (Å²) in [6, 6.07) is 0. The van der Waals surface area contributed by atoms with Crippen molar-refractivity contribution in [3.05, 3.63) is 0 Å². The minimum Gasteiger partial charge on any atom is -0.357 e. The largest absolute Gasteiger partial charge is 0.357 e. The number of hydrogen-bond acceptors (Lipinski definition) is 3. The van der Waals surface area contributed by atoms with Crippen molar-refractivity contribution < 1.29 is 0 Å². The summed E-state index contributed by atoms with van der Waals surface area (Å²) in [7, 11) is 0. The van der Waals surface area contributed by atoms with Gasteiger partial charge in [-0.25, -0.2) is 0 Å². The van der Waals surface area contributed by atoms with E-state index in [2.05, 4.69) is 54.6 Å². The van der Waals surface area contributed by atoms with Crippen LogP contribution in [0.1, 0.15) is 40.5 Å². The molecule has 0 spiro atoms. The average Bonchev–Trinajstić information content (AvgIpc) is 2.95. The summed E-state index contributed by atoms with van der Waals surface area (Å²) in [5.41, 5.74) is 0. The third-order valence-electron chi connectivity index (χ3n) is 4.38. The van der Waals surface area contributed by atoms with Gasteiger partial charge in [0.1, 0.15) is 0 Å². The van der Waals surface area contributed by atoms with Gasteiger partial charge in [0.2, 0.25) is 0 Å². The summed E-state index contributed by atoms with van der Waals surface area (Å²) in [5.74, 6) is 2.95. The predicted molar refractivity (Wildman–Crippen MR) is 98.9 cm³/mol. The van der Waals surface area contributed by atoms with Gasteiger partial charge in [0.05, 0.1) is 0 Å². The van der Waals surface area contributed by atoms with E-state index in [1.165, 1.54) is 38.2 Å². The Morgan fingerprint density at radius 2 is 2.00 bits per heavy atom. The number of nitrogens with one attached hydrogen (secondary N) is 1. The van der Waals surface area contributed by atoms with E-state index in [1.54, 1.807) is 0 Å². The van der Waals surface area contributed by atoms with Gasteiger partial charge >= 0.3 is 0 Å². The van der Waals surface area contributed by atoms with Crippen molar-refractivity contribution in [2.75, 3.05) is 51.6 Å². The van der Waals surface area contributed by atoms with Crippen molar-refractivity contribution in [1.29, 1.82) is 0 Å². The van der Waals surface area contributed by atoms with Gasteiger partial charge < -0.3 is 15.1 Å². The van der Waals surface area contributed by atoms with Crippen LogP contribution in [0.5, 0.6) is 0 Å². The first-order valence-corrected chi connectivity index (χ1v) is 9.88. The Labute approximate surface area is 141 Å². The maximum absolute atomic E-state index is 4.94. The van der Waals surface area contributed by atoms with E-state index in [9.17, 15) is 0 Å². The van der Waals surface area contributed by atoms with Crippen molar-refractivity contribution in [1.82, 2.24) is 15.1 Å². The van der Waals surface area contributed by atoms with E-state index in [-0.39, 0.29) is 0 Å². The Hall–Kier alpha value is -0.420. The molecule has 4 nitrogen and oxygen atoms in total.